The van der Waals surface area contributed by atoms with Gasteiger partial charge in [-0.1, -0.05) is 12.1 Å². The molecule has 17 heavy (non-hydrogen) atoms. The van der Waals surface area contributed by atoms with Crippen LogP contribution in [0, 0.1) is 0 Å². The van der Waals surface area contributed by atoms with Crippen molar-refractivity contribution in [3.8, 4) is 0 Å². The maximum absolute atomic E-state index is 5.74. The van der Waals surface area contributed by atoms with Gasteiger partial charge < -0.3 is 9.73 Å². The molecule has 1 aromatic carbocycles. The van der Waals surface area contributed by atoms with Gasteiger partial charge in [-0.2, -0.15) is 0 Å². The van der Waals surface area contributed by atoms with Crippen molar-refractivity contribution in [3.05, 3.63) is 30.2 Å². The average molecular weight is 231 g/mol. The Kier molecular flexibility index (Phi) is 3.07. The lowest BCUT2D eigenvalue weighted by molar-refractivity contribution is 0.257. The van der Waals surface area contributed by atoms with Crippen LogP contribution in [0.3, 0.4) is 0 Å². The van der Waals surface area contributed by atoms with Crippen LogP contribution < -0.4 is 5.32 Å². The zero-order valence-corrected chi connectivity index (χ0v) is 9.85. The van der Waals surface area contributed by atoms with Gasteiger partial charge in [0, 0.05) is 13.1 Å². The van der Waals surface area contributed by atoms with E-state index in [-0.39, 0.29) is 0 Å². The van der Waals surface area contributed by atoms with Crippen molar-refractivity contribution in [3.63, 3.8) is 0 Å². The molecule has 1 aromatic heterocycles. The van der Waals surface area contributed by atoms with Gasteiger partial charge in [-0.15, -0.1) is 0 Å². The van der Waals surface area contributed by atoms with Crippen LogP contribution in [0.15, 0.2) is 28.7 Å². The summed E-state index contributed by atoms with van der Waals surface area (Å²) >= 11 is 0. The molecule has 0 aliphatic carbocycles. The fraction of sp³-hybridized carbons (Fsp3) is 0.462. The monoisotopic (exact) mass is 231 g/mol. The Bertz CT molecular complexity index is 453. The molecule has 0 spiro atoms. The Morgan fingerprint density at radius 1 is 1.24 bits per heavy atom. The molecule has 0 saturated carbocycles. The van der Waals surface area contributed by atoms with Gasteiger partial charge in [0.05, 0.1) is 6.54 Å². The number of aromatic nitrogens is 1. The van der Waals surface area contributed by atoms with E-state index in [1.54, 1.807) is 0 Å². The summed E-state index contributed by atoms with van der Waals surface area (Å²) in [5.74, 6) is 0.827. The minimum atomic E-state index is 0.816. The van der Waals surface area contributed by atoms with Gasteiger partial charge in [-0.3, -0.25) is 4.90 Å². The van der Waals surface area contributed by atoms with Crippen LogP contribution in [-0.2, 0) is 6.54 Å². The maximum Gasteiger partial charge on any atom is 0.209 e. The van der Waals surface area contributed by atoms with Crippen molar-refractivity contribution in [2.45, 2.75) is 13.0 Å². The average Bonchev–Trinajstić information content (AvgIpc) is 2.57. The molecule has 2 aromatic rings. The number of rotatable bonds is 2. The normalized spacial score (nSPS) is 18.4. The smallest absolute Gasteiger partial charge is 0.209 e. The Labute approximate surface area is 101 Å². The first-order valence-electron chi connectivity index (χ1n) is 6.19. The molecule has 0 radical (unpaired) electrons. The molecule has 2 heterocycles. The Hall–Kier alpha value is -1.39. The highest BCUT2D eigenvalue weighted by Gasteiger charge is 2.12. The minimum absolute atomic E-state index is 0.816. The number of benzene rings is 1. The second kappa shape index (κ2) is 4.85. The number of para-hydroxylation sites is 2. The summed E-state index contributed by atoms with van der Waals surface area (Å²) in [4.78, 5) is 6.90. The van der Waals surface area contributed by atoms with E-state index in [1.807, 2.05) is 24.3 Å². The van der Waals surface area contributed by atoms with Gasteiger partial charge in [0.15, 0.2) is 5.58 Å². The Morgan fingerprint density at radius 3 is 3.12 bits per heavy atom. The lowest BCUT2D eigenvalue weighted by Gasteiger charge is -2.16. The van der Waals surface area contributed by atoms with E-state index in [9.17, 15) is 0 Å². The minimum Gasteiger partial charge on any atom is -0.439 e. The van der Waals surface area contributed by atoms with Crippen molar-refractivity contribution in [2.75, 3.05) is 26.2 Å². The molecule has 0 unspecified atom stereocenters. The van der Waals surface area contributed by atoms with E-state index < -0.39 is 0 Å². The van der Waals surface area contributed by atoms with Gasteiger partial charge in [0.1, 0.15) is 5.52 Å². The highest BCUT2D eigenvalue weighted by Crippen LogP contribution is 2.16. The van der Waals surface area contributed by atoms with E-state index >= 15 is 0 Å². The van der Waals surface area contributed by atoms with Crippen molar-refractivity contribution < 1.29 is 4.42 Å². The number of oxazole rings is 1. The third-order valence-electron chi connectivity index (χ3n) is 3.13. The van der Waals surface area contributed by atoms with Gasteiger partial charge in [-0.25, -0.2) is 4.98 Å². The topological polar surface area (TPSA) is 41.3 Å². The number of nitrogens with one attached hydrogen (secondary N) is 1. The van der Waals surface area contributed by atoms with E-state index in [0.29, 0.717) is 0 Å². The van der Waals surface area contributed by atoms with Crippen molar-refractivity contribution in [1.29, 1.82) is 0 Å². The predicted molar refractivity (Wildman–Crippen MR) is 66.8 cm³/mol. The molecule has 1 N–H and O–H groups in total. The van der Waals surface area contributed by atoms with E-state index in [1.165, 1.54) is 6.42 Å². The van der Waals surface area contributed by atoms with Crippen molar-refractivity contribution in [1.82, 2.24) is 15.2 Å². The fourth-order valence-electron chi connectivity index (χ4n) is 2.24. The summed E-state index contributed by atoms with van der Waals surface area (Å²) in [5.41, 5.74) is 1.84. The molecule has 1 aliphatic rings. The molecule has 1 fully saturated rings. The van der Waals surface area contributed by atoms with Gasteiger partial charge in [0.2, 0.25) is 5.89 Å². The third kappa shape index (κ3) is 2.48. The molecule has 1 aliphatic heterocycles. The highest BCUT2D eigenvalue weighted by molar-refractivity contribution is 5.72. The van der Waals surface area contributed by atoms with Gasteiger partial charge >= 0.3 is 0 Å². The molecule has 90 valence electrons. The molecule has 1 saturated heterocycles. The summed E-state index contributed by atoms with van der Waals surface area (Å²) in [6.45, 7) is 5.17. The summed E-state index contributed by atoms with van der Waals surface area (Å²) in [6, 6.07) is 7.93. The van der Waals surface area contributed by atoms with Crippen molar-refractivity contribution >= 4 is 11.1 Å². The largest absolute Gasteiger partial charge is 0.439 e. The molecule has 0 atom stereocenters. The predicted octanol–water partition coefficient (Wildman–Crippen LogP) is 1.62. The van der Waals surface area contributed by atoms with Crippen LogP contribution in [-0.4, -0.2) is 36.1 Å². The lowest BCUT2D eigenvalue weighted by atomic mass is 10.3. The first-order valence-corrected chi connectivity index (χ1v) is 6.19. The first kappa shape index (κ1) is 10.7. The van der Waals surface area contributed by atoms with Crippen LogP contribution >= 0.6 is 0 Å². The molecule has 4 nitrogen and oxygen atoms in total. The zero-order valence-electron chi connectivity index (χ0n) is 9.85. The molecule has 4 heteroatoms. The van der Waals surface area contributed by atoms with Crippen molar-refractivity contribution in [2.24, 2.45) is 0 Å². The second-order valence-corrected chi connectivity index (χ2v) is 4.46. The Morgan fingerprint density at radius 2 is 2.18 bits per heavy atom. The van der Waals surface area contributed by atoms with Crippen LogP contribution in [0.4, 0.5) is 0 Å². The zero-order chi connectivity index (χ0) is 11.5. The fourth-order valence-corrected chi connectivity index (χ4v) is 2.24. The summed E-state index contributed by atoms with van der Waals surface area (Å²) in [7, 11) is 0. The van der Waals surface area contributed by atoms with E-state index in [4.69, 9.17) is 4.42 Å². The third-order valence-corrected chi connectivity index (χ3v) is 3.13. The standard InChI is InChI=1S/C13H17N3O/c1-2-5-12-11(4-1)15-13(17-12)10-16-8-3-6-14-7-9-16/h1-2,4-5,14H,3,6-10H2. The lowest BCUT2D eigenvalue weighted by Crippen LogP contribution is -2.27. The second-order valence-electron chi connectivity index (χ2n) is 4.46. The molecule has 0 amide bonds. The maximum atomic E-state index is 5.74. The Balaban J connectivity index is 1.75. The summed E-state index contributed by atoms with van der Waals surface area (Å²) in [5, 5.41) is 3.40. The molecular formula is C13H17N3O. The number of hydrogen-bond acceptors (Lipinski definition) is 4. The number of fused-ring (bicyclic) bond motifs is 1. The molecular weight excluding hydrogens is 214 g/mol. The van der Waals surface area contributed by atoms with Crippen LogP contribution in [0.25, 0.3) is 11.1 Å². The number of hydrogen-bond donors (Lipinski definition) is 1. The quantitative estimate of drug-likeness (QED) is 0.852. The molecule has 0 bridgehead atoms. The summed E-state index contributed by atoms with van der Waals surface area (Å²) < 4.78 is 5.74. The first-order chi connectivity index (χ1) is 8.42. The van der Waals surface area contributed by atoms with Crippen LogP contribution in [0.5, 0.6) is 0 Å². The van der Waals surface area contributed by atoms with Crippen LogP contribution in [0.1, 0.15) is 12.3 Å². The highest BCUT2D eigenvalue weighted by atomic mass is 16.3. The van der Waals surface area contributed by atoms with Crippen LogP contribution in [0.2, 0.25) is 0 Å². The number of nitrogens with zero attached hydrogens (tertiary/aromatic N) is 2. The van der Waals surface area contributed by atoms with E-state index in [2.05, 4.69) is 15.2 Å². The summed E-state index contributed by atoms with van der Waals surface area (Å²) in [6.07, 6.45) is 1.19. The van der Waals surface area contributed by atoms with Gasteiger partial charge in [0.25, 0.3) is 0 Å². The SMILES string of the molecule is c1ccc2oc(CN3CCCNCC3)nc2c1. The molecule has 3 rings (SSSR count). The van der Waals surface area contributed by atoms with Gasteiger partial charge in [-0.05, 0) is 31.6 Å². The van der Waals surface area contributed by atoms with E-state index in [0.717, 1.165) is 49.7 Å².